The zero-order chi connectivity index (χ0) is 8.77. The van der Waals surface area contributed by atoms with Crippen molar-refractivity contribution in [1.82, 2.24) is 0 Å². The molecule has 1 fully saturated rings. The van der Waals surface area contributed by atoms with Gasteiger partial charge in [-0.3, -0.25) is 0 Å². The zero-order valence-electron chi connectivity index (χ0n) is 6.68. The van der Waals surface area contributed by atoms with E-state index in [2.05, 4.69) is 0 Å². The fourth-order valence-corrected chi connectivity index (χ4v) is 4.19. The van der Waals surface area contributed by atoms with Gasteiger partial charge in [0.1, 0.15) is 0 Å². The lowest BCUT2D eigenvalue weighted by Gasteiger charge is -2.34. The van der Waals surface area contributed by atoms with Crippen molar-refractivity contribution in [2.45, 2.75) is 35.9 Å². The van der Waals surface area contributed by atoms with Crippen molar-refractivity contribution in [2.24, 2.45) is 0 Å². The summed E-state index contributed by atoms with van der Waals surface area (Å²) >= 11 is 0. The van der Waals surface area contributed by atoms with Gasteiger partial charge in [0.2, 0.25) is 0 Å². The monoisotopic (exact) mass is 188 g/mol. The Kier molecular flexibility index (Phi) is 1.77. The van der Waals surface area contributed by atoms with Crippen molar-refractivity contribution in [1.29, 1.82) is 0 Å². The minimum absolute atomic E-state index is 0.320. The molecule has 2 aliphatic heterocycles. The predicted octanol–water partition coefficient (Wildman–Crippen LogP) is 0.253. The molecule has 0 aromatic carbocycles. The van der Waals surface area contributed by atoms with Crippen LogP contribution in [0.1, 0.15) is 19.3 Å². The number of hydrogen-bond donors (Lipinski definition) is 1. The number of fused-ring (bicyclic) bond motifs is 2. The number of aliphatic hydroxyl groups is 1. The molecular weight excluding hydrogens is 176 g/mol. The van der Waals surface area contributed by atoms with Crippen LogP contribution in [0.5, 0.6) is 0 Å². The molecule has 0 aliphatic carbocycles. The van der Waals surface area contributed by atoms with Gasteiger partial charge in [-0.1, -0.05) is 12.2 Å². The second kappa shape index (κ2) is 2.57. The fraction of sp³-hybridized carbons (Fsp3) is 0.750. The van der Waals surface area contributed by atoms with E-state index in [1.807, 2.05) is 6.08 Å². The maximum absolute atomic E-state index is 11.6. The van der Waals surface area contributed by atoms with E-state index in [0.717, 1.165) is 0 Å². The molecule has 0 amide bonds. The highest BCUT2D eigenvalue weighted by atomic mass is 32.2. The van der Waals surface area contributed by atoms with E-state index in [1.165, 1.54) is 0 Å². The first-order chi connectivity index (χ1) is 5.62. The summed E-state index contributed by atoms with van der Waals surface area (Å²) in [6, 6.07) is 0. The van der Waals surface area contributed by atoms with Crippen molar-refractivity contribution in [3.8, 4) is 0 Å². The molecule has 1 N–H and O–H groups in total. The van der Waals surface area contributed by atoms with Crippen LogP contribution in [-0.4, -0.2) is 30.1 Å². The normalized spacial score (nSPS) is 44.2. The number of allylic oxidation sites excluding steroid dienone is 1. The summed E-state index contributed by atoms with van der Waals surface area (Å²) in [5.41, 5.74) is 0. The van der Waals surface area contributed by atoms with Crippen LogP contribution >= 0.6 is 0 Å². The molecule has 0 saturated carbocycles. The topological polar surface area (TPSA) is 54.4 Å². The van der Waals surface area contributed by atoms with Crippen LogP contribution in [0.15, 0.2) is 12.2 Å². The van der Waals surface area contributed by atoms with E-state index in [0.29, 0.717) is 19.3 Å². The third kappa shape index (κ3) is 1.02. The second-order valence-corrected chi connectivity index (χ2v) is 5.86. The van der Waals surface area contributed by atoms with Crippen LogP contribution in [0, 0.1) is 0 Å². The number of sulfone groups is 1. The van der Waals surface area contributed by atoms with E-state index in [-0.39, 0.29) is 5.25 Å². The van der Waals surface area contributed by atoms with E-state index in [1.54, 1.807) is 6.08 Å². The Morgan fingerprint density at radius 3 is 2.75 bits per heavy atom. The standard InChI is InChI=1S/C8H12O3S/c9-7-5-4-6-2-1-3-8(7)12(6,10)11/h1-2,6-9H,3-5H2/t6-,7+,8-/m0/s1. The Labute approximate surface area is 72.0 Å². The number of hydrogen-bond acceptors (Lipinski definition) is 3. The zero-order valence-corrected chi connectivity index (χ0v) is 7.50. The SMILES string of the molecule is O=S1(=O)[C@H]2C=CC[C@H]1[C@H](O)CC2. The van der Waals surface area contributed by atoms with Gasteiger partial charge >= 0.3 is 0 Å². The number of aliphatic hydroxyl groups excluding tert-OH is 1. The summed E-state index contributed by atoms with van der Waals surface area (Å²) in [6.07, 6.45) is 4.68. The molecule has 2 bridgehead atoms. The van der Waals surface area contributed by atoms with Crippen LogP contribution in [0.25, 0.3) is 0 Å². The Morgan fingerprint density at radius 1 is 1.33 bits per heavy atom. The first-order valence-electron chi connectivity index (χ1n) is 4.20. The predicted molar refractivity (Wildman–Crippen MR) is 45.5 cm³/mol. The van der Waals surface area contributed by atoms with Gasteiger partial charge in [-0.05, 0) is 19.3 Å². The lowest BCUT2D eigenvalue weighted by atomic mass is 10.0. The molecule has 0 spiro atoms. The van der Waals surface area contributed by atoms with E-state index in [9.17, 15) is 13.5 Å². The highest BCUT2D eigenvalue weighted by Crippen LogP contribution is 2.32. The van der Waals surface area contributed by atoms with E-state index < -0.39 is 21.2 Å². The van der Waals surface area contributed by atoms with Gasteiger partial charge in [0.25, 0.3) is 0 Å². The summed E-state index contributed by atoms with van der Waals surface area (Å²) in [5.74, 6) is 0. The third-order valence-electron chi connectivity index (χ3n) is 2.74. The Bertz CT molecular complexity index is 304. The van der Waals surface area contributed by atoms with Gasteiger partial charge in [0, 0.05) is 0 Å². The largest absolute Gasteiger partial charge is 0.392 e. The lowest BCUT2D eigenvalue weighted by molar-refractivity contribution is 0.147. The average Bonchev–Trinajstić information content (AvgIpc) is 1.95. The van der Waals surface area contributed by atoms with Crippen LogP contribution in [0.3, 0.4) is 0 Å². The Hall–Kier alpha value is -0.350. The summed E-state index contributed by atoms with van der Waals surface area (Å²) < 4.78 is 23.2. The molecule has 0 unspecified atom stereocenters. The van der Waals surface area contributed by atoms with E-state index in [4.69, 9.17) is 0 Å². The van der Waals surface area contributed by atoms with Crippen LogP contribution in [0.2, 0.25) is 0 Å². The number of rotatable bonds is 0. The van der Waals surface area contributed by atoms with Gasteiger partial charge in [-0.25, -0.2) is 8.42 Å². The van der Waals surface area contributed by atoms with Crippen molar-refractivity contribution in [3.63, 3.8) is 0 Å². The molecule has 4 heteroatoms. The molecule has 68 valence electrons. The Morgan fingerprint density at radius 2 is 2.08 bits per heavy atom. The molecule has 0 aromatic rings. The van der Waals surface area contributed by atoms with Crippen molar-refractivity contribution < 1.29 is 13.5 Å². The summed E-state index contributed by atoms with van der Waals surface area (Å²) in [5, 5.41) is 8.60. The van der Waals surface area contributed by atoms with Crippen molar-refractivity contribution >= 4 is 9.84 Å². The molecule has 0 radical (unpaired) electrons. The molecular formula is C8H12O3S. The molecule has 3 atom stereocenters. The second-order valence-electron chi connectivity index (χ2n) is 3.47. The van der Waals surface area contributed by atoms with Gasteiger partial charge in [-0.15, -0.1) is 0 Å². The third-order valence-corrected chi connectivity index (χ3v) is 5.33. The molecule has 2 heterocycles. The van der Waals surface area contributed by atoms with Gasteiger partial charge in [-0.2, -0.15) is 0 Å². The summed E-state index contributed by atoms with van der Waals surface area (Å²) in [4.78, 5) is 0. The summed E-state index contributed by atoms with van der Waals surface area (Å²) in [7, 11) is -3.05. The quantitative estimate of drug-likeness (QED) is 0.554. The van der Waals surface area contributed by atoms with Crippen molar-refractivity contribution in [2.75, 3.05) is 0 Å². The maximum atomic E-state index is 11.6. The first kappa shape index (κ1) is 8.26. The maximum Gasteiger partial charge on any atom is 0.162 e. The van der Waals surface area contributed by atoms with Crippen LogP contribution in [-0.2, 0) is 9.84 Å². The fourth-order valence-electron chi connectivity index (χ4n) is 1.99. The highest BCUT2D eigenvalue weighted by Gasteiger charge is 2.42. The molecule has 0 aromatic heterocycles. The minimum atomic E-state index is -3.05. The molecule has 12 heavy (non-hydrogen) atoms. The molecule has 1 saturated heterocycles. The van der Waals surface area contributed by atoms with Crippen molar-refractivity contribution in [3.05, 3.63) is 12.2 Å². The average molecular weight is 188 g/mol. The highest BCUT2D eigenvalue weighted by molar-refractivity contribution is 7.93. The van der Waals surface area contributed by atoms with Gasteiger partial charge in [0.15, 0.2) is 9.84 Å². The van der Waals surface area contributed by atoms with E-state index >= 15 is 0 Å². The van der Waals surface area contributed by atoms with Gasteiger partial charge < -0.3 is 5.11 Å². The lowest BCUT2D eigenvalue weighted by Crippen LogP contribution is -2.46. The minimum Gasteiger partial charge on any atom is -0.392 e. The summed E-state index contributed by atoms with van der Waals surface area (Å²) in [6.45, 7) is 0. The Balaban J connectivity index is 2.44. The molecule has 2 aliphatic rings. The van der Waals surface area contributed by atoms with Crippen LogP contribution < -0.4 is 0 Å². The van der Waals surface area contributed by atoms with Gasteiger partial charge in [0.05, 0.1) is 16.6 Å². The smallest absolute Gasteiger partial charge is 0.162 e. The first-order valence-corrected chi connectivity index (χ1v) is 5.81. The molecule has 3 nitrogen and oxygen atoms in total. The molecule has 2 rings (SSSR count). The van der Waals surface area contributed by atoms with Crippen LogP contribution in [0.4, 0.5) is 0 Å².